The van der Waals surface area contributed by atoms with E-state index >= 15 is 0 Å². The molecule has 2 aromatic rings. The van der Waals surface area contributed by atoms with Gasteiger partial charge in [-0.1, -0.05) is 0 Å². The first-order chi connectivity index (χ1) is 14.5. The SMILES string of the molecule is CCOC(=O)c1sc2nc(C(C)N3CCN(C(=O)OC(C)(C)C)CC3)[nH]c(=O)c2c1C. The van der Waals surface area contributed by atoms with Gasteiger partial charge in [-0.25, -0.2) is 14.6 Å². The highest BCUT2D eigenvalue weighted by Crippen LogP contribution is 2.29. The van der Waals surface area contributed by atoms with Crippen molar-refractivity contribution in [2.75, 3.05) is 32.8 Å². The second kappa shape index (κ2) is 8.96. The molecule has 0 saturated carbocycles. The summed E-state index contributed by atoms with van der Waals surface area (Å²) in [6, 6.07) is -0.147. The number of nitrogens with zero attached hydrogens (tertiary/aromatic N) is 3. The molecule has 1 saturated heterocycles. The monoisotopic (exact) mass is 450 g/mol. The van der Waals surface area contributed by atoms with Crippen molar-refractivity contribution in [2.45, 2.75) is 53.2 Å². The van der Waals surface area contributed by atoms with Crippen molar-refractivity contribution in [1.29, 1.82) is 0 Å². The molecule has 2 aromatic heterocycles. The number of piperazine rings is 1. The number of hydrogen-bond acceptors (Lipinski definition) is 8. The van der Waals surface area contributed by atoms with Gasteiger partial charge in [-0.15, -0.1) is 11.3 Å². The molecular weight excluding hydrogens is 420 g/mol. The number of aromatic nitrogens is 2. The van der Waals surface area contributed by atoms with E-state index in [-0.39, 0.29) is 24.3 Å². The highest BCUT2D eigenvalue weighted by Gasteiger charge is 2.29. The van der Waals surface area contributed by atoms with E-state index < -0.39 is 11.6 Å². The van der Waals surface area contributed by atoms with E-state index in [0.717, 1.165) is 0 Å². The van der Waals surface area contributed by atoms with Gasteiger partial charge in [0.15, 0.2) is 0 Å². The van der Waals surface area contributed by atoms with Crippen molar-refractivity contribution < 1.29 is 19.1 Å². The van der Waals surface area contributed by atoms with Crippen molar-refractivity contribution in [3.05, 3.63) is 26.6 Å². The molecular formula is C21H30N4O5S. The van der Waals surface area contributed by atoms with Crippen molar-refractivity contribution in [1.82, 2.24) is 19.8 Å². The number of hydrogen-bond donors (Lipinski definition) is 1. The second-order valence-electron chi connectivity index (χ2n) is 8.59. The number of carbonyl (C=O) groups is 2. The van der Waals surface area contributed by atoms with Gasteiger partial charge in [0, 0.05) is 26.2 Å². The van der Waals surface area contributed by atoms with Crippen LogP contribution in [0.1, 0.15) is 61.7 Å². The lowest BCUT2D eigenvalue weighted by atomic mass is 10.2. The molecule has 1 N–H and O–H groups in total. The molecule has 0 bridgehead atoms. The zero-order chi connectivity index (χ0) is 22.9. The molecule has 3 heterocycles. The van der Waals surface area contributed by atoms with Crippen LogP contribution in [0.2, 0.25) is 0 Å². The molecule has 1 aliphatic heterocycles. The second-order valence-corrected chi connectivity index (χ2v) is 9.59. The average molecular weight is 451 g/mol. The molecule has 10 heteroatoms. The van der Waals surface area contributed by atoms with Gasteiger partial charge in [-0.2, -0.15) is 0 Å². The molecule has 1 atom stereocenters. The topological polar surface area (TPSA) is 105 Å². The number of thiophene rings is 1. The standard InChI is InChI=1S/C21H30N4O5S/c1-7-29-19(27)15-12(2)14-17(26)22-16(23-18(14)31-15)13(3)24-8-10-25(11-9-24)20(28)30-21(4,5)6/h13H,7-11H2,1-6H3,(H,22,23,26). The van der Waals surface area contributed by atoms with E-state index in [1.165, 1.54) is 11.3 Å². The Hall–Kier alpha value is -2.46. The summed E-state index contributed by atoms with van der Waals surface area (Å²) in [4.78, 5) is 49.5. The number of esters is 1. The summed E-state index contributed by atoms with van der Waals surface area (Å²) in [6.07, 6.45) is -0.312. The molecule has 0 spiro atoms. The summed E-state index contributed by atoms with van der Waals surface area (Å²) >= 11 is 1.18. The van der Waals surface area contributed by atoms with Crippen LogP contribution in [0.25, 0.3) is 10.2 Å². The van der Waals surface area contributed by atoms with E-state index in [9.17, 15) is 14.4 Å². The lowest BCUT2D eigenvalue weighted by Gasteiger charge is -2.38. The zero-order valence-corrected chi connectivity index (χ0v) is 19.7. The molecule has 0 radical (unpaired) electrons. The molecule has 1 amide bonds. The summed E-state index contributed by atoms with van der Waals surface area (Å²) in [7, 11) is 0. The van der Waals surface area contributed by atoms with Crippen LogP contribution in [-0.2, 0) is 9.47 Å². The Morgan fingerprint density at radius 1 is 1.23 bits per heavy atom. The number of aryl methyl sites for hydroxylation is 1. The minimum Gasteiger partial charge on any atom is -0.462 e. The van der Waals surface area contributed by atoms with E-state index in [2.05, 4.69) is 14.9 Å². The van der Waals surface area contributed by atoms with Crippen LogP contribution in [0.5, 0.6) is 0 Å². The Labute approximate surface area is 185 Å². The van der Waals surface area contributed by atoms with Gasteiger partial charge in [0.2, 0.25) is 0 Å². The smallest absolute Gasteiger partial charge is 0.410 e. The van der Waals surface area contributed by atoms with Gasteiger partial charge in [-0.05, 0) is 47.1 Å². The van der Waals surface area contributed by atoms with Gasteiger partial charge >= 0.3 is 12.1 Å². The lowest BCUT2D eigenvalue weighted by Crippen LogP contribution is -2.50. The van der Waals surface area contributed by atoms with Crippen molar-refractivity contribution >= 4 is 33.6 Å². The number of fused-ring (bicyclic) bond motifs is 1. The number of ether oxygens (including phenoxy) is 2. The van der Waals surface area contributed by atoms with Crippen LogP contribution in [-0.4, -0.2) is 70.2 Å². The Bertz CT molecular complexity index is 1030. The van der Waals surface area contributed by atoms with E-state index in [1.54, 1.807) is 18.7 Å². The molecule has 9 nitrogen and oxygen atoms in total. The first-order valence-corrected chi connectivity index (χ1v) is 11.3. The third-order valence-corrected chi connectivity index (χ3v) is 6.35. The first-order valence-electron chi connectivity index (χ1n) is 10.4. The van der Waals surface area contributed by atoms with E-state index in [4.69, 9.17) is 9.47 Å². The number of aromatic amines is 1. The summed E-state index contributed by atoms with van der Waals surface area (Å²) < 4.78 is 10.5. The fourth-order valence-corrected chi connectivity index (χ4v) is 4.62. The molecule has 3 rings (SSSR count). The van der Waals surface area contributed by atoms with Crippen LogP contribution in [0.4, 0.5) is 4.79 Å². The maximum absolute atomic E-state index is 12.7. The summed E-state index contributed by atoms with van der Waals surface area (Å²) in [5.74, 6) is 0.107. The van der Waals surface area contributed by atoms with Gasteiger partial charge < -0.3 is 19.4 Å². The maximum Gasteiger partial charge on any atom is 0.410 e. The minimum absolute atomic E-state index is 0.147. The van der Waals surface area contributed by atoms with Crippen LogP contribution < -0.4 is 5.56 Å². The molecule has 31 heavy (non-hydrogen) atoms. The lowest BCUT2D eigenvalue weighted by molar-refractivity contribution is 0.0106. The predicted molar refractivity (Wildman–Crippen MR) is 119 cm³/mol. The fraction of sp³-hybridized carbons (Fsp3) is 0.619. The zero-order valence-electron chi connectivity index (χ0n) is 18.9. The van der Waals surface area contributed by atoms with Gasteiger partial charge in [0.05, 0.1) is 18.0 Å². The Kier molecular flexibility index (Phi) is 6.70. The summed E-state index contributed by atoms with van der Waals surface area (Å²) in [6.45, 7) is 13.6. The number of H-pyrrole nitrogens is 1. The fourth-order valence-electron chi connectivity index (χ4n) is 3.54. The van der Waals surface area contributed by atoms with Crippen molar-refractivity contribution in [3.8, 4) is 0 Å². The summed E-state index contributed by atoms with van der Waals surface area (Å²) in [5, 5.41) is 0.429. The van der Waals surface area contributed by atoms with Gasteiger partial charge in [-0.3, -0.25) is 9.69 Å². The normalized spacial score (nSPS) is 16.4. The van der Waals surface area contributed by atoms with Crippen molar-refractivity contribution in [3.63, 3.8) is 0 Å². The average Bonchev–Trinajstić information content (AvgIpc) is 3.03. The Morgan fingerprint density at radius 2 is 1.87 bits per heavy atom. The quantitative estimate of drug-likeness (QED) is 0.714. The highest BCUT2D eigenvalue weighted by atomic mass is 32.1. The Morgan fingerprint density at radius 3 is 2.45 bits per heavy atom. The third kappa shape index (κ3) is 5.07. The molecule has 1 unspecified atom stereocenters. The largest absolute Gasteiger partial charge is 0.462 e. The Balaban J connectivity index is 1.76. The first kappa shape index (κ1) is 23.2. The minimum atomic E-state index is -0.526. The molecule has 170 valence electrons. The van der Waals surface area contributed by atoms with E-state index in [0.29, 0.717) is 52.7 Å². The number of amides is 1. The van der Waals surface area contributed by atoms with E-state index in [1.807, 2.05) is 27.7 Å². The molecule has 0 aliphatic carbocycles. The van der Waals surface area contributed by atoms with Crippen LogP contribution >= 0.6 is 11.3 Å². The van der Waals surface area contributed by atoms with Gasteiger partial charge in [0.1, 0.15) is 21.1 Å². The molecule has 0 aromatic carbocycles. The number of carbonyl (C=O) groups excluding carboxylic acids is 2. The number of rotatable bonds is 4. The molecule has 1 fully saturated rings. The summed E-state index contributed by atoms with van der Waals surface area (Å²) in [5.41, 5.74) is -0.192. The maximum atomic E-state index is 12.7. The van der Waals surface area contributed by atoms with Crippen molar-refractivity contribution in [2.24, 2.45) is 0 Å². The predicted octanol–water partition coefficient (Wildman–Crippen LogP) is 3.08. The van der Waals surface area contributed by atoms with Crippen LogP contribution in [0.3, 0.4) is 0 Å². The number of nitrogens with one attached hydrogen (secondary N) is 1. The van der Waals surface area contributed by atoms with Crippen LogP contribution in [0, 0.1) is 6.92 Å². The molecule has 1 aliphatic rings. The third-order valence-electron chi connectivity index (χ3n) is 5.19. The van der Waals surface area contributed by atoms with Crippen LogP contribution in [0.15, 0.2) is 4.79 Å². The highest BCUT2D eigenvalue weighted by molar-refractivity contribution is 7.20. The van der Waals surface area contributed by atoms with Gasteiger partial charge in [0.25, 0.3) is 5.56 Å².